The second kappa shape index (κ2) is 6.67. The lowest BCUT2D eigenvalue weighted by molar-refractivity contribution is 0.102. The lowest BCUT2D eigenvalue weighted by atomic mass is 10.2. The Labute approximate surface area is 147 Å². The molecule has 2 aromatic carbocycles. The predicted molar refractivity (Wildman–Crippen MR) is 92.2 cm³/mol. The molecular formula is C18H13FN4O3. The van der Waals surface area contributed by atoms with Crippen LogP contribution in [0.15, 0.2) is 54.6 Å². The normalized spacial score (nSPS) is 11.9. The van der Waals surface area contributed by atoms with Crippen LogP contribution in [-0.4, -0.2) is 22.9 Å². The highest BCUT2D eigenvalue weighted by Crippen LogP contribution is 2.32. The minimum atomic E-state index is -0.336. The zero-order valence-corrected chi connectivity index (χ0v) is 13.4. The minimum absolute atomic E-state index is 0.147. The number of nitrogens with one attached hydrogen (secondary N) is 2. The number of hydrogen-bond donors (Lipinski definition) is 2. The average molecular weight is 352 g/mol. The van der Waals surface area contributed by atoms with E-state index in [2.05, 4.69) is 20.8 Å². The van der Waals surface area contributed by atoms with Gasteiger partial charge in [0.25, 0.3) is 5.91 Å². The molecule has 0 saturated heterocycles. The van der Waals surface area contributed by atoms with Crippen LogP contribution in [0, 0.1) is 5.82 Å². The molecule has 1 aliphatic rings. The Bertz CT molecular complexity index is 946. The van der Waals surface area contributed by atoms with Crippen molar-refractivity contribution in [1.82, 2.24) is 10.2 Å². The molecule has 0 saturated carbocycles. The van der Waals surface area contributed by atoms with Gasteiger partial charge >= 0.3 is 0 Å². The number of anilines is 3. The number of carbonyl (C=O) groups excluding carboxylic acids is 1. The van der Waals surface area contributed by atoms with Crippen molar-refractivity contribution in [3.63, 3.8) is 0 Å². The fourth-order valence-corrected chi connectivity index (χ4v) is 2.37. The highest BCUT2D eigenvalue weighted by molar-refractivity contribution is 6.04. The van der Waals surface area contributed by atoms with Crippen molar-refractivity contribution >= 4 is 23.2 Å². The quantitative estimate of drug-likeness (QED) is 0.749. The highest BCUT2D eigenvalue weighted by atomic mass is 19.1. The van der Waals surface area contributed by atoms with Gasteiger partial charge in [0, 0.05) is 11.3 Å². The summed E-state index contributed by atoms with van der Waals surface area (Å²) >= 11 is 0. The van der Waals surface area contributed by atoms with Crippen molar-refractivity contribution in [2.45, 2.75) is 0 Å². The van der Waals surface area contributed by atoms with Gasteiger partial charge in [0.05, 0.1) is 0 Å². The largest absolute Gasteiger partial charge is 0.454 e. The molecule has 3 aromatic rings. The first-order valence-corrected chi connectivity index (χ1v) is 7.75. The number of hydrogen-bond acceptors (Lipinski definition) is 6. The Morgan fingerprint density at radius 2 is 1.65 bits per heavy atom. The fraction of sp³-hybridized carbons (Fsp3) is 0.0556. The molecular weight excluding hydrogens is 339 g/mol. The van der Waals surface area contributed by atoms with E-state index in [-0.39, 0.29) is 18.5 Å². The summed E-state index contributed by atoms with van der Waals surface area (Å²) in [6.45, 7) is 0.147. The van der Waals surface area contributed by atoms with E-state index < -0.39 is 0 Å². The zero-order valence-electron chi connectivity index (χ0n) is 13.4. The summed E-state index contributed by atoms with van der Waals surface area (Å²) in [6.07, 6.45) is 0. The van der Waals surface area contributed by atoms with Crippen molar-refractivity contribution < 1.29 is 18.7 Å². The van der Waals surface area contributed by atoms with Crippen LogP contribution in [0.3, 0.4) is 0 Å². The molecule has 26 heavy (non-hydrogen) atoms. The van der Waals surface area contributed by atoms with Crippen molar-refractivity contribution in [2.75, 3.05) is 17.4 Å². The number of rotatable bonds is 4. The van der Waals surface area contributed by atoms with Crippen molar-refractivity contribution in [3.8, 4) is 11.5 Å². The molecule has 8 heteroatoms. The van der Waals surface area contributed by atoms with E-state index in [1.165, 1.54) is 12.1 Å². The molecule has 2 N–H and O–H groups in total. The van der Waals surface area contributed by atoms with Crippen LogP contribution in [-0.2, 0) is 0 Å². The monoisotopic (exact) mass is 352 g/mol. The third-order valence-corrected chi connectivity index (χ3v) is 3.66. The van der Waals surface area contributed by atoms with Gasteiger partial charge in [-0.2, -0.15) is 0 Å². The first-order valence-electron chi connectivity index (χ1n) is 7.75. The van der Waals surface area contributed by atoms with Gasteiger partial charge in [0.2, 0.25) is 6.79 Å². The summed E-state index contributed by atoms with van der Waals surface area (Å²) in [5, 5.41) is 13.6. The Hall–Kier alpha value is -3.68. The van der Waals surface area contributed by atoms with Gasteiger partial charge in [-0.25, -0.2) is 4.39 Å². The molecule has 0 aliphatic carbocycles. The van der Waals surface area contributed by atoms with Crippen LogP contribution in [0.2, 0.25) is 0 Å². The van der Waals surface area contributed by atoms with Gasteiger partial charge in [-0.3, -0.25) is 4.79 Å². The van der Waals surface area contributed by atoms with Gasteiger partial charge in [-0.05, 0) is 54.6 Å². The molecule has 130 valence electrons. The number of nitrogens with zero attached hydrogens (tertiary/aromatic N) is 2. The van der Waals surface area contributed by atoms with Crippen LogP contribution in [0.1, 0.15) is 10.4 Å². The Morgan fingerprint density at radius 3 is 2.42 bits per heavy atom. The fourth-order valence-electron chi connectivity index (χ4n) is 2.37. The van der Waals surface area contributed by atoms with Gasteiger partial charge in [0.1, 0.15) is 5.82 Å². The Kier molecular flexibility index (Phi) is 4.06. The van der Waals surface area contributed by atoms with Crippen LogP contribution < -0.4 is 20.1 Å². The second-order valence-corrected chi connectivity index (χ2v) is 5.46. The summed E-state index contributed by atoms with van der Waals surface area (Å²) in [5.41, 5.74) is 1.10. The first-order chi connectivity index (χ1) is 12.7. The Morgan fingerprint density at radius 1 is 0.923 bits per heavy atom. The third kappa shape index (κ3) is 3.39. The third-order valence-electron chi connectivity index (χ3n) is 3.66. The van der Waals surface area contributed by atoms with E-state index in [1.807, 2.05) is 0 Å². The number of ether oxygens (including phenoxy) is 2. The molecule has 0 radical (unpaired) electrons. The van der Waals surface area contributed by atoms with Crippen LogP contribution in [0.25, 0.3) is 0 Å². The number of fused-ring (bicyclic) bond motifs is 1. The van der Waals surface area contributed by atoms with Crippen LogP contribution >= 0.6 is 0 Å². The van der Waals surface area contributed by atoms with E-state index in [9.17, 15) is 9.18 Å². The molecule has 1 amide bonds. The van der Waals surface area contributed by atoms with Gasteiger partial charge in [-0.15, -0.1) is 10.2 Å². The summed E-state index contributed by atoms with van der Waals surface area (Å²) in [5.74, 6) is 1.26. The molecule has 0 spiro atoms. The summed E-state index contributed by atoms with van der Waals surface area (Å²) in [6, 6.07) is 14.1. The SMILES string of the molecule is O=C(Nc1ccc(Nc2ccc(F)cc2)nn1)c1ccc2c(c1)OCO2. The molecule has 4 rings (SSSR count). The van der Waals surface area contributed by atoms with E-state index in [0.717, 1.165) is 0 Å². The number of benzene rings is 2. The molecule has 2 heterocycles. The summed E-state index contributed by atoms with van der Waals surface area (Å²) in [4.78, 5) is 12.3. The van der Waals surface area contributed by atoms with Crippen molar-refractivity contribution in [3.05, 3.63) is 66.0 Å². The van der Waals surface area contributed by atoms with E-state index in [1.54, 1.807) is 42.5 Å². The van der Waals surface area contributed by atoms with Crippen molar-refractivity contribution in [2.24, 2.45) is 0 Å². The molecule has 7 nitrogen and oxygen atoms in total. The van der Waals surface area contributed by atoms with Crippen LogP contribution in [0.5, 0.6) is 11.5 Å². The molecule has 0 bridgehead atoms. The number of carbonyl (C=O) groups is 1. The minimum Gasteiger partial charge on any atom is -0.454 e. The maximum atomic E-state index is 12.9. The predicted octanol–water partition coefficient (Wildman–Crippen LogP) is 3.34. The second-order valence-electron chi connectivity index (χ2n) is 5.46. The van der Waals surface area contributed by atoms with E-state index in [4.69, 9.17) is 9.47 Å². The molecule has 1 aliphatic heterocycles. The lowest BCUT2D eigenvalue weighted by Crippen LogP contribution is -2.13. The summed E-state index contributed by atoms with van der Waals surface area (Å²) < 4.78 is 23.4. The van der Waals surface area contributed by atoms with Crippen LogP contribution in [0.4, 0.5) is 21.7 Å². The maximum absolute atomic E-state index is 12.9. The molecule has 0 unspecified atom stereocenters. The zero-order chi connectivity index (χ0) is 17.9. The van der Waals surface area contributed by atoms with Gasteiger partial charge in [-0.1, -0.05) is 0 Å². The number of amides is 1. The maximum Gasteiger partial charge on any atom is 0.257 e. The van der Waals surface area contributed by atoms with E-state index in [0.29, 0.717) is 34.4 Å². The Balaban J connectivity index is 1.42. The lowest BCUT2D eigenvalue weighted by Gasteiger charge is -2.07. The smallest absolute Gasteiger partial charge is 0.257 e. The number of aromatic nitrogens is 2. The average Bonchev–Trinajstić information content (AvgIpc) is 3.13. The molecule has 0 atom stereocenters. The summed E-state index contributed by atoms with van der Waals surface area (Å²) in [7, 11) is 0. The topological polar surface area (TPSA) is 85.4 Å². The number of halogens is 1. The highest BCUT2D eigenvalue weighted by Gasteiger charge is 2.16. The first kappa shape index (κ1) is 15.8. The van der Waals surface area contributed by atoms with Gasteiger partial charge in [0.15, 0.2) is 23.1 Å². The van der Waals surface area contributed by atoms with Crippen molar-refractivity contribution in [1.29, 1.82) is 0 Å². The van der Waals surface area contributed by atoms with Gasteiger partial charge < -0.3 is 20.1 Å². The standard InChI is InChI=1S/C18H13FN4O3/c19-12-2-4-13(5-3-12)20-16-7-8-17(23-22-16)21-18(24)11-1-6-14-15(9-11)26-10-25-14/h1-9H,10H2,(H,20,22)(H,21,23,24). The van der Waals surface area contributed by atoms with E-state index >= 15 is 0 Å². The molecule has 0 fully saturated rings. The molecule has 1 aromatic heterocycles.